The maximum Gasteiger partial charge on any atom is 0.253 e. The van der Waals surface area contributed by atoms with Gasteiger partial charge in [-0.2, -0.15) is 0 Å². The Labute approximate surface area is 124 Å². The molecule has 3 rings (SSSR count). The van der Waals surface area contributed by atoms with Crippen LogP contribution >= 0.6 is 11.8 Å². The lowest BCUT2D eigenvalue weighted by Gasteiger charge is -1.98. The number of hydrogen-bond acceptors (Lipinski definition) is 6. The summed E-state index contributed by atoms with van der Waals surface area (Å²) < 4.78 is 5.28. The van der Waals surface area contributed by atoms with E-state index in [1.807, 2.05) is 36.4 Å². The molecule has 21 heavy (non-hydrogen) atoms. The van der Waals surface area contributed by atoms with Crippen molar-refractivity contribution >= 4 is 17.6 Å². The van der Waals surface area contributed by atoms with Gasteiger partial charge in [0.25, 0.3) is 5.56 Å². The van der Waals surface area contributed by atoms with Crippen molar-refractivity contribution in [1.82, 2.24) is 15.1 Å². The summed E-state index contributed by atoms with van der Waals surface area (Å²) in [5.41, 5.74) is 7.03. The van der Waals surface area contributed by atoms with Gasteiger partial charge in [0, 0.05) is 17.7 Å². The molecule has 6 nitrogen and oxygen atoms in total. The van der Waals surface area contributed by atoms with E-state index in [0.717, 1.165) is 11.3 Å². The van der Waals surface area contributed by atoms with Crippen LogP contribution in [-0.2, 0) is 5.75 Å². The van der Waals surface area contributed by atoms with E-state index >= 15 is 0 Å². The van der Waals surface area contributed by atoms with Crippen LogP contribution in [0, 0.1) is 0 Å². The molecule has 0 unspecified atom stereocenters. The Hall–Kier alpha value is -2.54. The van der Waals surface area contributed by atoms with Gasteiger partial charge in [0.2, 0.25) is 0 Å². The quantitative estimate of drug-likeness (QED) is 0.566. The van der Waals surface area contributed by atoms with Gasteiger partial charge in [-0.25, -0.2) is 4.98 Å². The fraction of sp³-hybridized carbons (Fsp3) is 0.0714. The molecular weight excluding hydrogens is 288 g/mol. The molecule has 0 atom stereocenters. The number of thioether (sulfide) groups is 1. The maximum absolute atomic E-state index is 11.3. The number of nitrogen functional groups attached to an aromatic ring is 1. The number of rotatable bonds is 4. The first-order chi connectivity index (χ1) is 10.2. The fourth-order valence-corrected chi connectivity index (χ4v) is 2.54. The summed E-state index contributed by atoms with van der Waals surface area (Å²) in [5.74, 6) is 1.40. The molecular formula is C14H12N4O2S. The molecule has 3 N–H and O–H groups in total. The van der Waals surface area contributed by atoms with Crippen molar-refractivity contribution in [2.24, 2.45) is 0 Å². The van der Waals surface area contributed by atoms with Crippen LogP contribution in [0.5, 0.6) is 0 Å². The van der Waals surface area contributed by atoms with Crippen molar-refractivity contribution in [1.29, 1.82) is 0 Å². The number of benzene rings is 1. The Morgan fingerprint density at radius 1 is 1.24 bits per heavy atom. The van der Waals surface area contributed by atoms with E-state index in [2.05, 4.69) is 15.1 Å². The number of nitrogens with one attached hydrogen (secondary N) is 1. The van der Waals surface area contributed by atoms with Gasteiger partial charge in [0.15, 0.2) is 5.16 Å². The van der Waals surface area contributed by atoms with Crippen molar-refractivity contribution in [2.45, 2.75) is 10.9 Å². The molecule has 0 aliphatic carbocycles. The van der Waals surface area contributed by atoms with Crippen LogP contribution in [0.15, 0.2) is 56.9 Å². The zero-order valence-corrected chi connectivity index (χ0v) is 11.8. The predicted molar refractivity (Wildman–Crippen MR) is 80.8 cm³/mol. The molecule has 0 saturated heterocycles. The van der Waals surface area contributed by atoms with Crippen LogP contribution in [0.25, 0.3) is 11.3 Å². The molecule has 0 saturated carbocycles. The third-order valence-electron chi connectivity index (χ3n) is 2.72. The average Bonchev–Trinajstić information content (AvgIpc) is 2.94. The largest absolute Gasteiger partial charge is 0.383 e. The van der Waals surface area contributed by atoms with Crippen LogP contribution in [0.1, 0.15) is 5.76 Å². The molecule has 0 amide bonds. The molecule has 0 radical (unpaired) electrons. The highest BCUT2D eigenvalue weighted by molar-refractivity contribution is 7.98. The molecule has 106 valence electrons. The third kappa shape index (κ3) is 3.32. The van der Waals surface area contributed by atoms with Crippen molar-refractivity contribution < 1.29 is 4.52 Å². The number of H-pyrrole nitrogens is 1. The van der Waals surface area contributed by atoms with E-state index in [4.69, 9.17) is 10.3 Å². The second-order valence-electron chi connectivity index (χ2n) is 4.31. The molecule has 0 fully saturated rings. The van der Waals surface area contributed by atoms with Gasteiger partial charge in [0.1, 0.15) is 17.3 Å². The molecule has 2 aromatic heterocycles. The number of hydrogen-bond donors (Lipinski definition) is 2. The van der Waals surface area contributed by atoms with Crippen molar-refractivity contribution in [3.05, 3.63) is 58.6 Å². The van der Waals surface area contributed by atoms with E-state index < -0.39 is 0 Å². The minimum Gasteiger partial charge on any atom is -0.383 e. The highest BCUT2D eigenvalue weighted by atomic mass is 32.2. The normalized spacial score (nSPS) is 10.7. The lowest BCUT2D eigenvalue weighted by molar-refractivity contribution is 0.397. The molecule has 0 spiro atoms. The standard InChI is InChI=1S/C14H12N4O2S/c15-12-7-13(19)17-14(16-12)21-8-10-6-11(18-20-10)9-4-2-1-3-5-9/h1-7H,8H2,(H3,15,16,17,19). The van der Waals surface area contributed by atoms with Crippen LogP contribution in [0.3, 0.4) is 0 Å². The van der Waals surface area contributed by atoms with Gasteiger partial charge in [-0.15, -0.1) is 0 Å². The average molecular weight is 300 g/mol. The summed E-state index contributed by atoms with van der Waals surface area (Å²) in [6.07, 6.45) is 0. The number of aromatic nitrogens is 3. The second-order valence-corrected chi connectivity index (χ2v) is 5.27. The first kappa shape index (κ1) is 13.4. The zero-order chi connectivity index (χ0) is 14.7. The minimum atomic E-state index is -0.271. The van der Waals surface area contributed by atoms with Gasteiger partial charge in [0.05, 0.1) is 5.75 Å². The Morgan fingerprint density at radius 2 is 2.05 bits per heavy atom. The van der Waals surface area contributed by atoms with E-state index in [0.29, 0.717) is 16.7 Å². The number of anilines is 1. The first-order valence-corrected chi connectivity index (χ1v) is 7.20. The number of aromatic amines is 1. The van der Waals surface area contributed by atoms with Gasteiger partial charge in [-0.05, 0) is 0 Å². The molecule has 2 heterocycles. The molecule has 0 bridgehead atoms. The number of nitrogens with zero attached hydrogens (tertiary/aromatic N) is 2. The lowest BCUT2D eigenvalue weighted by Crippen LogP contribution is -2.09. The van der Waals surface area contributed by atoms with Gasteiger partial charge in [-0.3, -0.25) is 4.79 Å². The molecule has 0 aliphatic rings. The van der Waals surface area contributed by atoms with E-state index in [-0.39, 0.29) is 11.4 Å². The molecule has 1 aromatic carbocycles. The first-order valence-electron chi connectivity index (χ1n) is 6.21. The minimum absolute atomic E-state index is 0.198. The summed E-state index contributed by atoms with van der Waals surface area (Å²) in [5, 5.41) is 4.48. The Balaban J connectivity index is 1.72. The monoisotopic (exact) mass is 300 g/mol. The van der Waals surface area contributed by atoms with Crippen LogP contribution in [0.2, 0.25) is 0 Å². The highest BCUT2D eigenvalue weighted by Crippen LogP contribution is 2.23. The predicted octanol–water partition coefficient (Wildman–Crippen LogP) is 2.30. The molecule has 3 aromatic rings. The number of nitrogens with two attached hydrogens (primary N) is 1. The SMILES string of the molecule is Nc1cc(=O)[nH]c(SCc2cc(-c3ccccc3)no2)n1. The lowest BCUT2D eigenvalue weighted by atomic mass is 10.1. The third-order valence-corrected chi connectivity index (χ3v) is 3.62. The summed E-state index contributed by atoms with van der Waals surface area (Å²) in [6.45, 7) is 0. The van der Waals surface area contributed by atoms with Crippen molar-refractivity contribution in [2.75, 3.05) is 5.73 Å². The van der Waals surface area contributed by atoms with Gasteiger partial charge >= 0.3 is 0 Å². The summed E-state index contributed by atoms with van der Waals surface area (Å²) in [7, 11) is 0. The van der Waals surface area contributed by atoms with Gasteiger partial charge < -0.3 is 15.2 Å². The van der Waals surface area contributed by atoms with E-state index in [9.17, 15) is 4.79 Å². The summed E-state index contributed by atoms with van der Waals surface area (Å²) in [4.78, 5) is 17.9. The van der Waals surface area contributed by atoms with E-state index in [1.165, 1.54) is 17.8 Å². The van der Waals surface area contributed by atoms with Crippen LogP contribution < -0.4 is 11.3 Å². The summed E-state index contributed by atoms with van der Waals surface area (Å²) in [6, 6.07) is 12.9. The molecule has 7 heteroatoms. The maximum atomic E-state index is 11.3. The smallest absolute Gasteiger partial charge is 0.253 e. The second kappa shape index (κ2) is 5.84. The van der Waals surface area contributed by atoms with Crippen LogP contribution in [0.4, 0.5) is 5.82 Å². The Kier molecular flexibility index (Phi) is 3.74. The van der Waals surface area contributed by atoms with E-state index in [1.54, 1.807) is 0 Å². The zero-order valence-electron chi connectivity index (χ0n) is 10.9. The molecule has 0 aliphatic heterocycles. The summed E-state index contributed by atoms with van der Waals surface area (Å²) >= 11 is 1.33. The van der Waals surface area contributed by atoms with Crippen LogP contribution in [-0.4, -0.2) is 15.1 Å². The Morgan fingerprint density at radius 3 is 2.81 bits per heavy atom. The van der Waals surface area contributed by atoms with Crippen molar-refractivity contribution in [3.63, 3.8) is 0 Å². The highest BCUT2D eigenvalue weighted by Gasteiger charge is 2.08. The van der Waals surface area contributed by atoms with Crippen molar-refractivity contribution in [3.8, 4) is 11.3 Å². The van der Waals surface area contributed by atoms with Gasteiger partial charge in [-0.1, -0.05) is 47.3 Å². The fourth-order valence-electron chi connectivity index (χ4n) is 1.79. The Bertz CT molecular complexity index is 798. The topological polar surface area (TPSA) is 97.8 Å².